The van der Waals surface area contributed by atoms with Crippen LogP contribution in [0.4, 0.5) is 0 Å². The fourth-order valence-corrected chi connectivity index (χ4v) is 1.96. The topological polar surface area (TPSA) is 56.3 Å². The van der Waals surface area contributed by atoms with Gasteiger partial charge in [-0.05, 0) is 31.8 Å². The van der Waals surface area contributed by atoms with Crippen molar-refractivity contribution in [2.24, 2.45) is 5.92 Å². The highest BCUT2D eigenvalue weighted by molar-refractivity contribution is 6.31. The van der Waals surface area contributed by atoms with E-state index in [-0.39, 0.29) is 6.01 Å². The lowest BCUT2D eigenvalue weighted by Gasteiger charge is -2.10. The average molecular weight is 258 g/mol. The van der Waals surface area contributed by atoms with Gasteiger partial charge in [0.05, 0.1) is 19.9 Å². The molecule has 17 heavy (non-hydrogen) atoms. The molecule has 1 fully saturated rings. The van der Waals surface area contributed by atoms with Crippen molar-refractivity contribution in [2.45, 2.75) is 12.8 Å². The monoisotopic (exact) mass is 257 g/mol. The molecule has 94 valence electrons. The first-order chi connectivity index (χ1) is 8.29. The maximum atomic E-state index is 5.93. The summed E-state index contributed by atoms with van der Waals surface area (Å²) in [5.41, 5.74) is 0. The second-order valence-electron chi connectivity index (χ2n) is 4.01. The molecular formula is C11H16ClN3O2. The molecule has 1 N–H and O–H groups in total. The number of nitrogens with zero attached hydrogens (tertiary/aromatic N) is 2. The van der Waals surface area contributed by atoms with Crippen LogP contribution in [0.3, 0.4) is 0 Å². The molecule has 1 aliphatic rings. The van der Waals surface area contributed by atoms with Crippen LogP contribution in [0, 0.1) is 5.92 Å². The third-order valence-electron chi connectivity index (χ3n) is 2.80. The third kappa shape index (κ3) is 3.44. The minimum Gasteiger partial charge on any atom is -0.476 e. The standard InChI is InChI=1S/C11H16ClN3O2/c1-16-11-14-7-9(12)10(15-11)17-5-3-8-2-4-13-6-8/h7-8,13H,2-6H2,1H3. The van der Waals surface area contributed by atoms with Crippen molar-refractivity contribution in [3.63, 3.8) is 0 Å². The Balaban J connectivity index is 1.84. The quantitative estimate of drug-likeness (QED) is 0.867. The molecule has 1 saturated heterocycles. The summed E-state index contributed by atoms with van der Waals surface area (Å²) in [7, 11) is 1.51. The molecule has 0 radical (unpaired) electrons. The second kappa shape index (κ2) is 6.02. The van der Waals surface area contributed by atoms with E-state index in [4.69, 9.17) is 21.1 Å². The number of methoxy groups -OCH3 is 1. The lowest BCUT2D eigenvalue weighted by molar-refractivity contribution is 0.267. The summed E-state index contributed by atoms with van der Waals surface area (Å²) in [6, 6.07) is 0.270. The minimum absolute atomic E-state index is 0.270. The predicted octanol–water partition coefficient (Wildman–Crippen LogP) is 1.52. The molecule has 0 aromatic carbocycles. The number of aromatic nitrogens is 2. The van der Waals surface area contributed by atoms with Gasteiger partial charge in [0.2, 0.25) is 5.88 Å². The first kappa shape index (κ1) is 12.4. The van der Waals surface area contributed by atoms with Gasteiger partial charge in [0.25, 0.3) is 0 Å². The Morgan fingerprint density at radius 2 is 2.47 bits per heavy atom. The van der Waals surface area contributed by atoms with Crippen molar-refractivity contribution < 1.29 is 9.47 Å². The van der Waals surface area contributed by atoms with Gasteiger partial charge in [-0.25, -0.2) is 4.98 Å². The number of hydrogen-bond acceptors (Lipinski definition) is 5. The molecule has 0 spiro atoms. The van der Waals surface area contributed by atoms with E-state index in [0.29, 0.717) is 23.4 Å². The van der Waals surface area contributed by atoms with Gasteiger partial charge in [-0.1, -0.05) is 11.6 Å². The van der Waals surface area contributed by atoms with E-state index in [9.17, 15) is 0 Å². The van der Waals surface area contributed by atoms with Gasteiger partial charge in [-0.3, -0.25) is 0 Å². The van der Waals surface area contributed by atoms with E-state index in [1.165, 1.54) is 19.7 Å². The molecule has 6 heteroatoms. The smallest absolute Gasteiger partial charge is 0.319 e. The molecule has 1 aromatic rings. The van der Waals surface area contributed by atoms with Gasteiger partial charge < -0.3 is 14.8 Å². The van der Waals surface area contributed by atoms with Crippen LogP contribution >= 0.6 is 11.6 Å². The van der Waals surface area contributed by atoms with Gasteiger partial charge in [-0.15, -0.1) is 0 Å². The summed E-state index contributed by atoms with van der Waals surface area (Å²) in [4.78, 5) is 7.94. The largest absolute Gasteiger partial charge is 0.476 e. The summed E-state index contributed by atoms with van der Waals surface area (Å²) in [6.45, 7) is 2.79. The van der Waals surface area contributed by atoms with Crippen LogP contribution in [-0.4, -0.2) is 36.8 Å². The Kier molecular flexibility index (Phi) is 4.39. The maximum Gasteiger partial charge on any atom is 0.319 e. The highest BCUT2D eigenvalue weighted by Crippen LogP contribution is 2.23. The highest BCUT2D eigenvalue weighted by Gasteiger charge is 2.15. The van der Waals surface area contributed by atoms with Crippen molar-refractivity contribution in [2.75, 3.05) is 26.8 Å². The van der Waals surface area contributed by atoms with Gasteiger partial charge >= 0.3 is 6.01 Å². The third-order valence-corrected chi connectivity index (χ3v) is 3.06. The Labute approximate surface area is 105 Å². The molecule has 1 atom stereocenters. The molecule has 1 aliphatic heterocycles. The second-order valence-corrected chi connectivity index (χ2v) is 4.41. The molecule has 0 bridgehead atoms. The molecule has 2 rings (SSSR count). The van der Waals surface area contributed by atoms with Crippen LogP contribution in [0.1, 0.15) is 12.8 Å². The predicted molar refractivity (Wildman–Crippen MR) is 64.7 cm³/mol. The zero-order valence-corrected chi connectivity index (χ0v) is 10.5. The van der Waals surface area contributed by atoms with Gasteiger partial charge in [-0.2, -0.15) is 4.98 Å². The zero-order valence-electron chi connectivity index (χ0n) is 9.78. The van der Waals surface area contributed by atoms with Crippen LogP contribution in [0.2, 0.25) is 5.02 Å². The molecule has 5 nitrogen and oxygen atoms in total. The van der Waals surface area contributed by atoms with Gasteiger partial charge in [0, 0.05) is 0 Å². The Morgan fingerprint density at radius 3 is 3.18 bits per heavy atom. The molecule has 1 aromatic heterocycles. The first-order valence-electron chi connectivity index (χ1n) is 5.69. The minimum atomic E-state index is 0.270. The Morgan fingerprint density at radius 1 is 1.59 bits per heavy atom. The first-order valence-corrected chi connectivity index (χ1v) is 6.07. The van der Waals surface area contributed by atoms with Crippen LogP contribution in [0.25, 0.3) is 0 Å². The Bertz CT molecular complexity index is 370. The van der Waals surface area contributed by atoms with E-state index >= 15 is 0 Å². The molecule has 0 saturated carbocycles. The zero-order chi connectivity index (χ0) is 12.1. The molecule has 2 heterocycles. The lowest BCUT2D eigenvalue weighted by Crippen LogP contribution is -2.12. The maximum absolute atomic E-state index is 5.93. The van der Waals surface area contributed by atoms with Crippen LogP contribution in [-0.2, 0) is 0 Å². The van der Waals surface area contributed by atoms with Crippen molar-refractivity contribution in [1.82, 2.24) is 15.3 Å². The van der Waals surface area contributed by atoms with Crippen LogP contribution in [0.15, 0.2) is 6.20 Å². The van der Waals surface area contributed by atoms with E-state index in [0.717, 1.165) is 19.5 Å². The van der Waals surface area contributed by atoms with Crippen molar-refractivity contribution >= 4 is 11.6 Å². The van der Waals surface area contributed by atoms with Crippen molar-refractivity contribution in [1.29, 1.82) is 0 Å². The number of ether oxygens (including phenoxy) is 2. The van der Waals surface area contributed by atoms with Gasteiger partial charge in [0.15, 0.2) is 0 Å². The van der Waals surface area contributed by atoms with E-state index < -0.39 is 0 Å². The SMILES string of the molecule is COc1ncc(Cl)c(OCCC2CCNC2)n1. The fraction of sp³-hybridized carbons (Fsp3) is 0.636. The fourth-order valence-electron chi connectivity index (χ4n) is 1.82. The average Bonchev–Trinajstić information content (AvgIpc) is 2.84. The number of halogens is 1. The Hall–Kier alpha value is -1.07. The van der Waals surface area contributed by atoms with Crippen LogP contribution in [0.5, 0.6) is 11.9 Å². The summed E-state index contributed by atoms with van der Waals surface area (Å²) in [5.74, 6) is 1.09. The van der Waals surface area contributed by atoms with Crippen LogP contribution < -0.4 is 14.8 Å². The molecule has 0 amide bonds. The number of rotatable bonds is 5. The summed E-state index contributed by atoms with van der Waals surface area (Å²) < 4.78 is 10.5. The van der Waals surface area contributed by atoms with E-state index in [2.05, 4.69) is 15.3 Å². The van der Waals surface area contributed by atoms with E-state index in [1.807, 2.05) is 0 Å². The van der Waals surface area contributed by atoms with Gasteiger partial charge in [0.1, 0.15) is 5.02 Å². The summed E-state index contributed by atoms with van der Waals surface area (Å²) in [5, 5.41) is 3.74. The molecular weight excluding hydrogens is 242 g/mol. The summed E-state index contributed by atoms with van der Waals surface area (Å²) >= 11 is 5.93. The highest BCUT2D eigenvalue weighted by atomic mass is 35.5. The van der Waals surface area contributed by atoms with Crippen molar-refractivity contribution in [3.8, 4) is 11.9 Å². The van der Waals surface area contributed by atoms with Crippen molar-refractivity contribution in [3.05, 3.63) is 11.2 Å². The summed E-state index contributed by atoms with van der Waals surface area (Å²) in [6.07, 6.45) is 3.71. The number of nitrogens with one attached hydrogen (secondary N) is 1. The van der Waals surface area contributed by atoms with E-state index in [1.54, 1.807) is 0 Å². The number of hydrogen-bond donors (Lipinski definition) is 1. The lowest BCUT2D eigenvalue weighted by atomic mass is 10.1. The molecule has 1 unspecified atom stereocenters. The molecule has 0 aliphatic carbocycles. The normalized spacial score (nSPS) is 19.3.